The fourth-order valence-corrected chi connectivity index (χ4v) is 5.22. The molecule has 1 fully saturated rings. The van der Waals surface area contributed by atoms with Gasteiger partial charge in [-0.15, -0.1) is 0 Å². The molecular formula is C20H24Cl2N3O3S+. The summed E-state index contributed by atoms with van der Waals surface area (Å²) in [6.45, 7) is 5.58. The third-order valence-corrected chi connectivity index (χ3v) is 7.68. The highest BCUT2D eigenvalue weighted by atomic mass is 35.5. The Morgan fingerprint density at radius 3 is 2.31 bits per heavy atom. The number of benzene rings is 2. The van der Waals surface area contributed by atoms with Crippen LogP contribution in [0, 0.1) is 6.92 Å². The average Bonchev–Trinajstić information content (AvgIpc) is 2.70. The van der Waals surface area contributed by atoms with Gasteiger partial charge in [0, 0.05) is 5.02 Å². The Morgan fingerprint density at radius 1 is 1.10 bits per heavy atom. The first-order valence-corrected chi connectivity index (χ1v) is 11.6. The van der Waals surface area contributed by atoms with Crippen LogP contribution in [0.2, 0.25) is 10.0 Å². The number of aryl methyl sites for hydroxylation is 1. The van der Waals surface area contributed by atoms with Crippen LogP contribution in [-0.2, 0) is 14.8 Å². The molecule has 1 heterocycles. The predicted octanol–water partition coefficient (Wildman–Crippen LogP) is 2.22. The number of halogens is 2. The van der Waals surface area contributed by atoms with Crippen molar-refractivity contribution >= 4 is 44.8 Å². The van der Waals surface area contributed by atoms with Gasteiger partial charge in [0.15, 0.2) is 6.04 Å². The van der Waals surface area contributed by atoms with Crippen molar-refractivity contribution in [2.45, 2.75) is 24.8 Å². The van der Waals surface area contributed by atoms with Crippen molar-refractivity contribution in [2.24, 2.45) is 0 Å². The van der Waals surface area contributed by atoms with E-state index in [0.29, 0.717) is 46.8 Å². The summed E-state index contributed by atoms with van der Waals surface area (Å²) in [6.07, 6.45) is 0. The number of sulfonamides is 1. The number of carbonyl (C=O) groups is 1. The SMILES string of the molecule is Cc1ccc(S(=O)(=O)N2CC[NH+]([C@@H](C)C(=O)Nc3ccc(Cl)cc3Cl)CC2)cc1. The maximum atomic E-state index is 12.8. The van der Waals surface area contributed by atoms with E-state index in [9.17, 15) is 13.2 Å². The first-order chi connectivity index (χ1) is 13.7. The van der Waals surface area contributed by atoms with Gasteiger partial charge in [-0.3, -0.25) is 4.79 Å². The van der Waals surface area contributed by atoms with Crippen LogP contribution in [0.5, 0.6) is 0 Å². The number of nitrogens with one attached hydrogen (secondary N) is 2. The summed E-state index contributed by atoms with van der Waals surface area (Å²) in [4.78, 5) is 14.0. The van der Waals surface area contributed by atoms with Gasteiger partial charge in [-0.05, 0) is 44.2 Å². The Bertz CT molecular complexity index is 989. The van der Waals surface area contributed by atoms with Gasteiger partial charge >= 0.3 is 0 Å². The van der Waals surface area contributed by atoms with E-state index in [1.807, 2.05) is 13.8 Å². The van der Waals surface area contributed by atoms with Crippen LogP contribution < -0.4 is 10.2 Å². The summed E-state index contributed by atoms with van der Waals surface area (Å²) in [5.41, 5.74) is 1.52. The van der Waals surface area contributed by atoms with Crippen molar-refractivity contribution in [3.63, 3.8) is 0 Å². The highest BCUT2D eigenvalue weighted by Gasteiger charge is 2.34. The number of quaternary nitrogens is 1. The number of amides is 1. The van der Waals surface area contributed by atoms with E-state index >= 15 is 0 Å². The summed E-state index contributed by atoms with van der Waals surface area (Å²) >= 11 is 12.0. The Hall–Kier alpha value is -1.64. The zero-order chi connectivity index (χ0) is 21.2. The van der Waals surface area contributed by atoms with Crippen molar-refractivity contribution in [1.29, 1.82) is 0 Å². The van der Waals surface area contributed by atoms with Crippen LogP contribution in [0.3, 0.4) is 0 Å². The van der Waals surface area contributed by atoms with Crippen molar-refractivity contribution in [2.75, 3.05) is 31.5 Å². The zero-order valence-electron chi connectivity index (χ0n) is 16.3. The molecule has 0 saturated carbocycles. The Labute approximate surface area is 181 Å². The first kappa shape index (κ1) is 22.1. The average molecular weight is 457 g/mol. The maximum Gasteiger partial charge on any atom is 0.282 e. The molecule has 1 saturated heterocycles. The monoisotopic (exact) mass is 456 g/mol. The molecule has 9 heteroatoms. The van der Waals surface area contributed by atoms with Gasteiger partial charge in [0.25, 0.3) is 5.91 Å². The van der Waals surface area contributed by atoms with E-state index in [2.05, 4.69) is 5.32 Å². The van der Waals surface area contributed by atoms with Crippen LogP contribution >= 0.6 is 23.2 Å². The molecule has 1 aliphatic heterocycles. The summed E-state index contributed by atoms with van der Waals surface area (Å²) < 4.78 is 27.1. The molecule has 6 nitrogen and oxygen atoms in total. The Kier molecular flexibility index (Phi) is 6.86. The second-order valence-electron chi connectivity index (χ2n) is 7.21. The smallest absolute Gasteiger partial charge is 0.282 e. The summed E-state index contributed by atoms with van der Waals surface area (Å²) in [7, 11) is -3.52. The minimum absolute atomic E-state index is 0.168. The number of piperazine rings is 1. The molecule has 2 aromatic carbocycles. The second-order valence-corrected chi connectivity index (χ2v) is 9.99. The Morgan fingerprint density at radius 2 is 1.72 bits per heavy atom. The van der Waals surface area contributed by atoms with Crippen LogP contribution in [-0.4, -0.2) is 50.9 Å². The summed E-state index contributed by atoms with van der Waals surface area (Å²) in [5.74, 6) is -0.168. The van der Waals surface area contributed by atoms with E-state index < -0.39 is 10.0 Å². The zero-order valence-corrected chi connectivity index (χ0v) is 18.6. The van der Waals surface area contributed by atoms with E-state index in [1.165, 1.54) is 4.31 Å². The van der Waals surface area contributed by atoms with E-state index in [0.717, 1.165) is 10.5 Å². The maximum absolute atomic E-state index is 12.8. The standard InChI is InChI=1S/C20H23Cl2N3O3S/c1-14-3-6-17(7-4-14)29(27,28)25-11-9-24(10-12-25)15(2)20(26)23-19-8-5-16(21)13-18(19)22/h3-8,13,15H,9-12H2,1-2H3,(H,23,26)/p+1/t15-/m0/s1. The third-order valence-electron chi connectivity index (χ3n) is 5.22. The number of carbonyl (C=O) groups excluding carboxylic acids is 1. The van der Waals surface area contributed by atoms with E-state index in [1.54, 1.807) is 42.5 Å². The molecule has 0 spiro atoms. The van der Waals surface area contributed by atoms with Crippen molar-refractivity contribution < 1.29 is 18.1 Å². The van der Waals surface area contributed by atoms with Gasteiger partial charge in [0.05, 0.1) is 41.8 Å². The molecule has 3 rings (SSSR count). The lowest BCUT2D eigenvalue weighted by molar-refractivity contribution is -0.917. The normalized spacial score (nSPS) is 17.1. The molecule has 1 amide bonds. The van der Waals surface area contributed by atoms with Gasteiger partial charge in [-0.25, -0.2) is 8.42 Å². The lowest BCUT2D eigenvalue weighted by Gasteiger charge is -2.34. The molecule has 0 radical (unpaired) electrons. The topological polar surface area (TPSA) is 70.9 Å². The summed E-state index contributed by atoms with van der Waals surface area (Å²) in [5, 5.41) is 3.70. The number of nitrogens with zero attached hydrogens (tertiary/aromatic N) is 1. The van der Waals surface area contributed by atoms with Crippen molar-refractivity contribution in [3.8, 4) is 0 Å². The second kappa shape index (κ2) is 9.02. The van der Waals surface area contributed by atoms with Gasteiger partial charge < -0.3 is 10.2 Å². The van der Waals surface area contributed by atoms with Gasteiger partial charge in [0.1, 0.15) is 0 Å². The summed E-state index contributed by atoms with van der Waals surface area (Å²) in [6, 6.07) is 11.4. The molecular weight excluding hydrogens is 433 g/mol. The molecule has 2 aromatic rings. The number of hydrogen-bond acceptors (Lipinski definition) is 3. The van der Waals surface area contributed by atoms with E-state index in [-0.39, 0.29) is 11.9 Å². The first-order valence-electron chi connectivity index (χ1n) is 9.36. The van der Waals surface area contributed by atoms with Gasteiger partial charge in [-0.2, -0.15) is 4.31 Å². The highest BCUT2D eigenvalue weighted by Crippen LogP contribution is 2.25. The molecule has 1 atom stereocenters. The third kappa shape index (κ3) is 5.10. The molecule has 156 valence electrons. The molecule has 1 aliphatic rings. The van der Waals surface area contributed by atoms with E-state index in [4.69, 9.17) is 23.2 Å². The quantitative estimate of drug-likeness (QED) is 0.724. The molecule has 2 N–H and O–H groups in total. The van der Waals surface area contributed by atoms with Gasteiger partial charge in [-0.1, -0.05) is 40.9 Å². The lowest BCUT2D eigenvalue weighted by atomic mass is 10.2. The fraction of sp³-hybridized carbons (Fsp3) is 0.350. The van der Waals surface area contributed by atoms with Gasteiger partial charge in [0.2, 0.25) is 10.0 Å². The fourth-order valence-electron chi connectivity index (χ4n) is 3.32. The Balaban J connectivity index is 1.60. The molecule has 0 unspecified atom stereocenters. The minimum Gasteiger partial charge on any atom is -0.323 e. The number of hydrogen-bond donors (Lipinski definition) is 2. The minimum atomic E-state index is -3.52. The van der Waals surface area contributed by atoms with Crippen molar-refractivity contribution in [1.82, 2.24) is 4.31 Å². The molecule has 0 bridgehead atoms. The highest BCUT2D eigenvalue weighted by molar-refractivity contribution is 7.89. The van der Waals surface area contributed by atoms with Crippen LogP contribution in [0.15, 0.2) is 47.4 Å². The molecule has 29 heavy (non-hydrogen) atoms. The predicted molar refractivity (Wildman–Crippen MR) is 115 cm³/mol. The molecule has 0 aromatic heterocycles. The van der Waals surface area contributed by atoms with Crippen molar-refractivity contribution in [3.05, 3.63) is 58.1 Å². The largest absolute Gasteiger partial charge is 0.323 e. The number of rotatable bonds is 5. The lowest BCUT2D eigenvalue weighted by Crippen LogP contribution is -3.19. The van der Waals surface area contributed by atoms with Crippen LogP contribution in [0.4, 0.5) is 5.69 Å². The molecule has 0 aliphatic carbocycles. The van der Waals surface area contributed by atoms with Crippen LogP contribution in [0.25, 0.3) is 0 Å². The number of anilines is 1. The van der Waals surface area contributed by atoms with Crippen LogP contribution in [0.1, 0.15) is 12.5 Å².